The van der Waals surface area contributed by atoms with Crippen molar-refractivity contribution < 1.29 is 24.6 Å². The molecule has 3 rings (SSSR count). The van der Waals surface area contributed by atoms with Gasteiger partial charge in [-0.05, 0) is 17.0 Å². The van der Waals surface area contributed by atoms with Crippen LogP contribution in [0.1, 0.15) is 44.2 Å². The van der Waals surface area contributed by atoms with Gasteiger partial charge < -0.3 is 20.0 Å². The maximum atomic E-state index is 13.2. The highest BCUT2D eigenvalue weighted by Crippen LogP contribution is 2.28. The highest BCUT2D eigenvalue weighted by molar-refractivity contribution is 5.89. The third kappa shape index (κ3) is 4.04. The fourth-order valence-corrected chi connectivity index (χ4v) is 3.99. The second kappa shape index (κ2) is 7.91. The Hall–Kier alpha value is -2.41. The van der Waals surface area contributed by atoms with E-state index in [0.29, 0.717) is 19.4 Å². The molecule has 1 aromatic carbocycles. The predicted octanol–water partition coefficient (Wildman–Crippen LogP) is 1.42. The number of benzene rings is 1. The molecule has 0 spiro atoms. The van der Waals surface area contributed by atoms with E-state index in [9.17, 15) is 24.6 Å². The molecule has 2 heterocycles. The van der Waals surface area contributed by atoms with Crippen LogP contribution in [0.15, 0.2) is 24.3 Å². The summed E-state index contributed by atoms with van der Waals surface area (Å²) in [6.07, 6.45) is 0.831. The van der Waals surface area contributed by atoms with E-state index in [1.54, 1.807) is 9.80 Å². The molecule has 1 atom stereocenters. The van der Waals surface area contributed by atoms with Gasteiger partial charge in [0.25, 0.3) is 0 Å². The lowest BCUT2D eigenvalue weighted by Gasteiger charge is -2.41. The molecule has 1 saturated heterocycles. The molecule has 2 aliphatic rings. The van der Waals surface area contributed by atoms with Crippen LogP contribution in [-0.2, 0) is 27.3 Å². The normalized spacial score (nSPS) is 21.4. The minimum atomic E-state index is -1.77. The summed E-state index contributed by atoms with van der Waals surface area (Å²) in [5.41, 5.74) is 0.347. The van der Waals surface area contributed by atoms with Gasteiger partial charge in [0, 0.05) is 45.3 Å². The number of aliphatic carboxylic acids is 1. The van der Waals surface area contributed by atoms with Crippen LogP contribution in [0.4, 0.5) is 0 Å². The molecule has 0 bridgehead atoms. The van der Waals surface area contributed by atoms with E-state index in [-0.39, 0.29) is 43.7 Å². The first-order chi connectivity index (χ1) is 13.2. The van der Waals surface area contributed by atoms with Gasteiger partial charge in [-0.1, -0.05) is 38.1 Å². The van der Waals surface area contributed by atoms with Gasteiger partial charge in [-0.2, -0.15) is 0 Å². The number of hydrogen-bond donors (Lipinski definition) is 2. The van der Waals surface area contributed by atoms with E-state index in [4.69, 9.17) is 0 Å². The van der Waals surface area contributed by atoms with Crippen LogP contribution < -0.4 is 0 Å². The number of carbonyl (C=O) groups is 3. The summed E-state index contributed by atoms with van der Waals surface area (Å²) in [4.78, 5) is 40.6. The highest BCUT2D eigenvalue weighted by atomic mass is 16.4. The van der Waals surface area contributed by atoms with Crippen molar-refractivity contribution in [1.82, 2.24) is 9.80 Å². The number of aliphatic hydroxyl groups is 1. The van der Waals surface area contributed by atoms with Crippen LogP contribution in [0.5, 0.6) is 0 Å². The van der Waals surface area contributed by atoms with E-state index in [2.05, 4.69) is 0 Å². The summed E-state index contributed by atoms with van der Waals surface area (Å²) >= 11 is 0. The van der Waals surface area contributed by atoms with E-state index in [0.717, 1.165) is 11.1 Å². The van der Waals surface area contributed by atoms with E-state index >= 15 is 0 Å². The molecule has 0 aliphatic carbocycles. The zero-order chi connectivity index (χ0) is 20.5. The number of carboxylic acids is 1. The van der Waals surface area contributed by atoms with E-state index in [1.165, 1.54) is 0 Å². The topological polar surface area (TPSA) is 98.2 Å². The van der Waals surface area contributed by atoms with Crippen LogP contribution >= 0.6 is 0 Å². The number of rotatable bonds is 4. The van der Waals surface area contributed by atoms with Gasteiger partial charge in [-0.3, -0.25) is 9.59 Å². The lowest BCUT2D eigenvalue weighted by Crippen LogP contribution is -2.57. The first-order valence-electron chi connectivity index (χ1n) is 9.82. The van der Waals surface area contributed by atoms with Crippen molar-refractivity contribution >= 4 is 17.8 Å². The van der Waals surface area contributed by atoms with Gasteiger partial charge in [-0.15, -0.1) is 0 Å². The average molecular weight is 388 g/mol. The minimum absolute atomic E-state index is 0.00266. The number of piperidine rings is 1. The Bertz CT molecular complexity index is 768. The quantitative estimate of drug-likeness (QED) is 0.813. The Morgan fingerprint density at radius 2 is 1.75 bits per heavy atom. The summed E-state index contributed by atoms with van der Waals surface area (Å²) in [6.45, 7) is 4.71. The molecule has 1 unspecified atom stereocenters. The molecule has 28 heavy (non-hydrogen) atoms. The molecule has 7 nitrogen and oxygen atoms in total. The Morgan fingerprint density at radius 3 is 2.32 bits per heavy atom. The molecule has 2 amide bonds. The van der Waals surface area contributed by atoms with Gasteiger partial charge in [-0.25, -0.2) is 4.79 Å². The van der Waals surface area contributed by atoms with Crippen LogP contribution in [0.25, 0.3) is 0 Å². The Labute approximate surface area is 164 Å². The molecule has 0 aromatic heterocycles. The summed E-state index contributed by atoms with van der Waals surface area (Å²) in [5, 5.41) is 19.3. The zero-order valence-corrected chi connectivity index (χ0v) is 16.4. The maximum Gasteiger partial charge on any atom is 0.335 e. The Morgan fingerprint density at radius 1 is 1.14 bits per heavy atom. The fraction of sp³-hybridized carbons (Fsp3) is 0.571. The smallest absolute Gasteiger partial charge is 0.335 e. The standard InChI is InChI=1S/C21H28N2O5/c1-14(2)11-18(24)23-13-16-6-4-3-5-15(16)12-17(23)19(25)22-9-7-21(28,8-10-22)20(26)27/h3-6,14,17,28H,7-13H2,1-2H3,(H,26,27). The van der Waals surface area contributed by atoms with Crippen LogP contribution in [0.2, 0.25) is 0 Å². The van der Waals surface area contributed by atoms with Gasteiger partial charge in [0.1, 0.15) is 6.04 Å². The molecule has 2 aliphatic heterocycles. The van der Waals surface area contributed by atoms with Crippen molar-refractivity contribution in [2.24, 2.45) is 5.92 Å². The van der Waals surface area contributed by atoms with E-state index in [1.807, 2.05) is 38.1 Å². The van der Waals surface area contributed by atoms with Crippen molar-refractivity contribution in [3.63, 3.8) is 0 Å². The number of amides is 2. The SMILES string of the molecule is CC(C)CC(=O)N1Cc2ccccc2CC1C(=O)N1CCC(O)(C(=O)O)CC1. The molecule has 1 fully saturated rings. The second-order valence-electron chi connectivity index (χ2n) is 8.27. The van der Waals surface area contributed by atoms with Crippen molar-refractivity contribution in [3.8, 4) is 0 Å². The van der Waals surface area contributed by atoms with Gasteiger partial charge in [0.05, 0.1) is 0 Å². The summed E-state index contributed by atoms with van der Waals surface area (Å²) in [5.74, 6) is -1.26. The van der Waals surface area contributed by atoms with Crippen molar-refractivity contribution in [3.05, 3.63) is 35.4 Å². The van der Waals surface area contributed by atoms with Gasteiger partial charge >= 0.3 is 5.97 Å². The molecular weight excluding hydrogens is 360 g/mol. The summed E-state index contributed by atoms with van der Waals surface area (Å²) < 4.78 is 0. The number of carboxylic acid groups (broad SMARTS) is 1. The number of fused-ring (bicyclic) bond motifs is 1. The fourth-order valence-electron chi connectivity index (χ4n) is 3.99. The van der Waals surface area contributed by atoms with Crippen molar-refractivity contribution in [2.45, 2.75) is 57.7 Å². The lowest BCUT2D eigenvalue weighted by molar-refractivity contribution is -0.166. The molecule has 0 saturated carbocycles. The average Bonchev–Trinajstić information content (AvgIpc) is 2.66. The first-order valence-corrected chi connectivity index (χ1v) is 9.82. The predicted molar refractivity (Wildman–Crippen MR) is 102 cm³/mol. The Balaban J connectivity index is 1.80. The highest BCUT2D eigenvalue weighted by Gasteiger charge is 2.43. The largest absolute Gasteiger partial charge is 0.479 e. The van der Waals surface area contributed by atoms with Crippen molar-refractivity contribution in [1.29, 1.82) is 0 Å². The molecule has 0 radical (unpaired) electrons. The second-order valence-corrected chi connectivity index (χ2v) is 8.27. The minimum Gasteiger partial charge on any atom is -0.479 e. The van der Waals surface area contributed by atoms with Crippen LogP contribution in [0.3, 0.4) is 0 Å². The molecule has 1 aromatic rings. The molecular formula is C21H28N2O5. The number of carbonyl (C=O) groups excluding carboxylic acids is 2. The number of likely N-dealkylation sites (tertiary alicyclic amines) is 1. The van der Waals surface area contributed by atoms with Crippen molar-refractivity contribution in [2.75, 3.05) is 13.1 Å². The monoisotopic (exact) mass is 388 g/mol. The first kappa shape index (κ1) is 20.3. The number of nitrogens with zero attached hydrogens (tertiary/aromatic N) is 2. The zero-order valence-electron chi connectivity index (χ0n) is 16.4. The molecule has 152 valence electrons. The third-order valence-electron chi connectivity index (χ3n) is 5.74. The maximum absolute atomic E-state index is 13.2. The number of hydrogen-bond acceptors (Lipinski definition) is 4. The van der Waals surface area contributed by atoms with Gasteiger partial charge in [0.2, 0.25) is 11.8 Å². The summed E-state index contributed by atoms with van der Waals surface area (Å²) in [6, 6.07) is 7.25. The third-order valence-corrected chi connectivity index (χ3v) is 5.74. The summed E-state index contributed by atoms with van der Waals surface area (Å²) in [7, 11) is 0. The van der Waals surface area contributed by atoms with Crippen LogP contribution in [-0.4, -0.2) is 62.5 Å². The van der Waals surface area contributed by atoms with Gasteiger partial charge in [0.15, 0.2) is 5.60 Å². The van der Waals surface area contributed by atoms with Crippen LogP contribution in [0, 0.1) is 5.92 Å². The Kier molecular flexibility index (Phi) is 5.74. The molecule has 7 heteroatoms. The van der Waals surface area contributed by atoms with E-state index < -0.39 is 17.6 Å². The lowest BCUT2D eigenvalue weighted by atomic mass is 9.89. The molecule has 2 N–H and O–H groups in total.